The van der Waals surface area contributed by atoms with Crippen LogP contribution in [0.15, 0.2) is 60.0 Å². The highest BCUT2D eigenvalue weighted by Gasteiger charge is 2.36. The van der Waals surface area contributed by atoms with Gasteiger partial charge in [-0.25, -0.2) is 4.90 Å². The lowest BCUT2D eigenvalue weighted by atomic mass is 10.0. The van der Waals surface area contributed by atoms with Crippen LogP contribution in [0.2, 0.25) is 0 Å². The fourth-order valence-electron chi connectivity index (χ4n) is 3.02. The molecule has 1 fully saturated rings. The molecule has 30 heavy (non-hydrogen) atoms. The average Bonchev–Trinajstić information content (AvgIpc) is 3.01. The van der Waals surface area contributed by atoms with E-state index in [0.717, 1.165) is 22.2 Å². The number of ether oxygens (including phenoxy) is 2. The van der Waals surface area contributed by atoms with Crippen molar-refractivity contribution in [3.05, 3.63) is 71.2 Å². The van der Waals surface area contributed by atoms with Gasteiger partial charge in [0.1, 0.15) is 6.07 Å². The minimum atomic E-state index is -0.371. The number of nitriles is 1. The summed E-state index contributed by atoms with van der Waals surface area (Å²) in [4.78, 5) is 26.8. The molecule has 1 aliphatic heterocycles. The fraction of sp³-hybridized carbons (Fsp3) is 0.174. The summed E-state index contributed by atoms with van der Waals surface area (Å²) < 4.78 is 11.3. The molecule has 1 heterocycles. The predicted octanol–water partition coefficient (Wildman–Crippen LogP) is 4.96. The molecule has 0 saturated carbocycles. The second-order valence-corrected chi connectivity index (χ2v) is 7.23. The fourth-order valence-corrected chi connectivity index (χ4v) is 3.87. The summed E-state index contributed by atoms with van der Waals surface area (Å²) in [6.07, 6.45) is 3.88. The van der Waals surface area contributed by atoms with Gasteiger partial charge >= 0.3 is 0 Å². The number of anilines is 1. The number of imide groups is 1. The Morgan fingerprint density at radius 2 is 1.97 bits per heavy atom. The molecule has 0 aliphatic carbocycles. The third-order valence-electron chi connectivity index (χ3n) is 4.21. The molecule has 152 valence electrons. The zero-order chi connectivity index (χ0) is 21.5. The van der Waals surface area contributed by atoms with E-state index in [1.165, 1.54) is 0 Å². The molecule has 0 N–H and O–H groups in total. The minimum absolute atomic E-state index is 0.112. The van der Waals surface area contributed by atoms with Crippen LogP contribution in [0.1, 0.15) is 18.1 Å². The molecular formula is C23H20N2O4S. The van der Waals surface area contributed by atoms with Crippen LogP contribution < -0.4 is 14.4 Å². The van der Waals surface area contributed by atoms with Crippen LogP contribution in [-0.2, 0) is 11.2 Å². The van der Waals surface area contributed by atoms with Gasteiger partial charge in [-0.1, -0.05) is 24.3 Å². The highest BCUT2D eigenvalue weighted by Crippen LogP contribution is 2.38. The quantitative estimate of drug-likeness (QED) is 0.444. The largest absolute Gasteiger partial charge is 0.490 e. The Morgan fingerprint density at radius 3 is 2.63 bits per heavy atom. The van der Waals surface area contributed by atoms with Gasteiger partial charge < -0.3 is 9.47 Å². The van der Waals surface area contributed by atoms with E-state index in [4.69, 9.17) is 14.7 Å². The molecule has 7 heteroatoms. The second-order valence-electron chi connectivity index (χ2n) is 6.23. The van der Waals surface area contributed by atoms with E-state index in [0.29, 0.717) is 40.7 Å². The number of amides is 2. The number of benzene rings is 2. The van der Waals surface area contributed by atoms with Gasteiger partial charge in [0.15, 0.2) is 18.1 Å². The molecule has 2 aromatic carbocycles. The zero-order valence-corrected chi connectivity index (χ0v) is 17.3. The third kappa shape index (κ3) is 4.56. The zero-order valence-electron chi connectivity index (χ0n) is 16.5. The Labute approximate surface area is 179 Å². The molecule has 1 aliphatic rings. The number of carbonyl (C=O) groups is 2. The number of carbonyl (C=O) groups excluding carboxylic acids is 2. The Bertz CT molecular complexity index is 1040. The number of hydrogen-bond donors (Lipinski definition) is 0. The lowest BCUT2D eigenvalue weighted by Crippen LogP contribution is -2.27. The maximum atomic E-state index is 12.9. The highest BCUT2D eigenvalue weighted by atomic mass is 32.2. The smallest absolute Gasteiger partial charge is 0.298 e. The van der Waals surface area contributed by atoms with Crippen LogP contribution >= 0.6 is 11.8 Å². The summed E-state index contributed by atoms with van der Waals surface area (Å²) in [5, 5.41) is 8.52. The predicted molar refractivity (Wildman–Crippen MR) is 118 cm³/mol. The number of hydrogen-bond acceptors (Lipinski definition) is 6. The van der Waals surface area contributed by atoms with Crippen molar-refractivity contribution in [1.29, 1.82) is 5.26 Å². The van der Waals surface area contributed by atoms with Gasteiger partial charge in [0.2, 0.25) is 0 Å². The van der Waals surface area contributed by atoms with Crippen LogP contribution in [0.25, 0.3) is 6.08 Å². The number of para-hydroxylation sites is 1. The number of allylic oxidation sites excluding steroid dienone is 1. The monoisotopic (exact) mass is 420 g/mol. The molecule has 0 spiro atoms. The van der Waals surface area contributed by atoms with Crippen molar-refractivity contribution < 1.29 is 19.1 Å². The van der Waals surface area contributed by atoms with Crippen molar-refractivity contribution in [2.75, 3.05) is 18.1 Å². The molecule has 0 atom stereocenters. The second kappa shape index (κ2) is 9.81. The van der Waals surface area contributed by atoms with Crippen LogP contribution in [0.4, 0.5) is 10.5 Å². The van der Waals surface area contributed by atoms with Crippen molar-refractivity contribution in [2.45, 2.75) is 13.3 Å². The van der Waals surface area contributed by atoms with E-state index in [2.05, 4.69) is 6.58 Å². The van der Waals surface area contributed by atoms with Crippen LogP contribution in [-0.4, -0.2) is 24.4 Å². The van der Waals surface area contributed by atoms with E-state index < -0.39 is 0 Å². The Kier molecular flexibility index (Phi) is 6.94. The Hall–Kier alpha value is -3.50. The molecule has 3 rings (SSSR count). The van der Waals surface area contributed by atoms with Gasteiger partial charge in [0, 0.05) is 5.56 Å². The summed E-state index contributed by atoms with van der Waals surface area (Å²) >= 11 is 0.891. The maximum Gasteiger partial charge on any atom is 0.298 e. The summed E-state index contributed by atoms with van der Waals surface area (Å²) in [7, 11) is 0. The molecule has 6 nitrogen and oxygen atoms in total. The Balaban J connectivity index is 2.00. The average molecular weight is 420 g/mol. The van der Waals surface area contributed by atoms with Gasteiger partial charge in [-0.2, -0.15) is 5.26 Å². The van der Waals surface area contributed by atoms with Crippen molar-refractivity contribution in [2.24, 2.45) is 0 Å². The first kappa shape index (κ1) is 21.2. The third-order valence-corrected chi connectivity index (χ3v) is 5.07. The molecule has 0 aromatic heterocycles. The SMILES string of the molecule is C=CCc1cc(/C=C2\SC(=O)N(c3ccccc3)C2=O)cc(OCC)c1OCC#N. The van der Waals surface area contributed by atoms with E-state index in [-0.39, 0.29) is 17.8 Å². The van der Waals surface area contributed by atoms with Crippen LogP contribution in [0.3, 0.4) is 0 Å². The van der Waals surface area contributed by atoms with E-state index in [1.807, 2.05) is 25.1 Å². The number of thioether (sulfide) groups is 1. The van der Waals surface area contributed by atoms with E-state index >= 15 is 0 Å². The normalized spacial score (nSPS) is 14.7. The first-order valence-electron chi connectivity index (χ1n) is 9.32. The summed E-state index contributed by atoms with van der Waals surface area (Å²) in [6.45, 7) is 5.91. The summed E-state index contributed by atoms with van der Waals surface area (Å²) in [6, 6.07) is 14.3. The van der Waals surface area contributed by atoms with Crippen LogP contribution in [0, 0.1) is 11.3 Å². The van der Waals surface area contributed by atoms with Crippen molar-refractivity contribution in [3.8, 4) is 17.6 Å². The Morgan fingerprint density at radius 1 is 1.20 bits per heavy atom. The van der Waals surface area contributed by atoms with Gasteiger partial charge in [0.25, 0.3) is 11.1 Å². The first-order chi connectivity index (χ1) is 14.6. The molecule has 2 aromatic rings. The van der Waals surface area contributed by atoms with E-state index in [9.17, 15) is 9.59 Å². The molecule has 0 bridgehead atoms. The lowest BCUT2D eigenvalue weighted by molar-refractivity contribution is -0.113. The van der Waals surface area contributed by atoms with Gasteiger partial charge in [-0.3, -0.25) is 9.59 Å². The maximum absolute atomic E-state index is 12.9. The molecular weight excluding hydrogens is 400 g/mol. The highest BCUT2D eigenvalue weighted by molar-refractivity contribution is 8.19. The molecule has 0 radical (unpaired) electrons. The van der Waals surface area contributed by atoms with Gasteiger partial charge in [-0.15, -0.1) is 6.58 Å². The summed E-state index contributed by atoms with van der Waals surface area (Å²) in [5.41, 5.74) is 2.00. The lowest BCUT2D eigenvalue weighted by Gasteiger charge is -2.15. The topological polar surface area (TPSA) is 79.6 Å². The van der Waals surface area contributed by atoms with Crippen molar-refractivity contribution in [1.82, 2.24) is 0 Å². The minimum Gasteiger partial charge on any atom is -0.490 e. The van der Waals surface area contributed by atoms with Gasteiger partial charge in [0.05, 0.1) is 17.2 Å². The number of nitrogens with zero attached hydrogens (tertiary/aromatic N) is 2. The van der Waals surface area contributed by atoms with Crippen molar-refractivity contribution >= 4 is 34.7 Å². The molecule has 0 unspecified atom stereocenters. The van der Waals surface area contributed by atoms with Crippen LogP contribution in [0.5, 0.6) is 11.5 Å². The molecule has 2 amide bonds. The van der Waals surface area contributed by atoms with E-state index in [1.54, 1.807) is 42.5 Å². The standard InChI is InChI=1S/C23H20N2O4S/c1-3-8-17-13-16(14-19(28-4-2)21(17)29-12-11-24)15-20-22(26)25(23(27)30-20)18-9-6-5-7-10-18/h3,5-7,9-10,13-15H,1,4,8,12H2,2H3/b20-15-. The molecule has 1 saturated heterocycles. The number of rotatable bonds is 8. The van der Waals surface area contributed by atoms with Gasteiger partial charge in [-0.05, 0) is 61.0 Å². The van der Waals surface area contributed by atoms with Crippen molar-refractivity contribution in [3.63, 3.8) is 0 Å². The first-order valence-corrected chi connectivity index (χ1v) is 10.1. The summed E-state index contributed by atoms with van der Waals surface area (Å²) in [5.74, 6) is 0.581.